The summed E-state index contributed by atoms with van der Waals surface area (Å²) in [6, 6.07) is 4.87. The molecule has 2 rings (SSSR count). The first-order valence-corrected chi connectivity index (χ1v) is 9.07. The molecule has 22 heavy (non-hydrogen) atoms. The van der Waals surface area contributed by atoms with E-state index in [2.05, 4.69) is 5.32 Å². The van der Waals surface area contributed by atoms with Gasteiger partial charge in [-0.05, 0) is 42.9 Å². The lowest BCUT2D eigenvalue weighted by Gasteiger charge is -2.15. The fourth-order valence-corrected chi connectivity index (χ4v) is 3.83. The van der Waals surface area contributed by atoms with E-state index in [1.54, 1.807) is 12.1 Å². The van der Waals surface area contributed by atoms with Crippen LogP contribution in [0.15, 0.2) is 23.1 Å². The zero-order valence-corrected chi connectivity index (χ0v) is 13.5. The van der Waals surface area contributed by atoms with Gasteiger partial charge in [-0.2, -0.15) is 0 Å². The van der Waals surface area contributed by atoms with Crippen LogP contribution in [-0.2, 0) is 21.2 Å². The van der Waals surface area contributed by atoms with Crippen LogP contribution in [0.1, 0.15) is 38.2 Å². The Kier molecular flexibility index (Phi) is 5.20. The molecule has 1 aliphatic carbocycles. The maximum Gasteiger partial charge on any atom is 0.238 e. The summed E-state index contributed by atoms with van der Waals surface area (Å²) in [5, 5.41) is 7.96. The topological polar surface area (TPSA) is 115 Å². The van der Waals surface area contributed by atoms with Gasteiger partial charge >= 0.3 is 0 Å². The molecule has 0 unspecified atom stereocenters. The summed E-state index contributed by atoms with van der Waals surface area (Å²) in [6.07, 6.45) is 3.89. The Hall–Kier alpha value is -1.44. The van der Waals surface area contributed by atoms with Gasteiger partial charge in [0, 0.05) is 18.2 Å². The second-order valence-electron chi connectivity index (χ2n) is 5.83. The molecule has 5 N–H and O–H groups in total. The van der Waals surface area contributed by atoms with Crippen molar-refractivity contribution >= 4 is 21.6 Å². The minimum absolute atomic E-state index is 0.0605. The van der Waals surface area contributed by atoms with Gasteiger partial charge in [0.25, 0.3) is 0 Å². The van der Waals surface area contributed by atoms with Crippen molar-refractivity contribution in [3.63, 3.8) is 0 Å². The Bertz CT molecular complexity index is 658. The molecule has 1 fully saturated rings. The van der Waals surface area contributed by atoms with E-state index in [-0.39, 0.29) is 22.8 Å². The second kappa shape index (κ2) is 6.76. The smallest absolute Gasteiger partial charge is 0.238 e. The summed E-state index contributed by atoms with van der Waals surface area (Å²) in [5.74, 6) is 0.0552. The van der Waals surface area contributed by atoms with Gasteiger partial charge in [0.15, 0.2) is 0 Å². The summed E-state index contributed by atoms with van der Waals surface area (Å²) < 4.78 is 23.2. The molecule has 2 atom stereocenters. The number of hydrogen-bond acceptors (Lipinski definition) is 4. The highest BCUT2D eigenvalue weighted by Gasteiger charge is 2.26. The van der Waals surface area contributed by atoms with Gasteiger partial charge in [-0.1, -0.05) is 19.4 Å². The van der Waals surface area contributed by atoms with Gasteiger partial charge < -0.3 is 11.1 Å². The van der Waals surface area contributed by atoms with Crippen LogP contribution in [0.25, 0.3) is 0 Å². The Morgan fingerprint density at radius 1 is 1.36 bits per heavy atom. The first-order chi connectivity index (χ1) is 10.3. The summed E-state index contributed by atoms with van der Waals surface area (Å²) >= 11 is 0. The number of anilines is 1. The molecule has 6 nitrogen and oxygen atoms in total. The third-order valence-corrected chi connectivity index (χ3v) is 5.20. The number of aryl methyl sites for hydroxylation is 1. The Morgan fingerprint density at radius 2 is 2.09 bits per heavy atom. The van der Waals surface area contributed by atoms with Crippen molar-refractivity contribution in [3.05, 3.63) is 23.8 Å². The van der Waals surface area contributed by atoms with E-state index in [0.717, 1.165) is 19.3 Å². The van der Waals surface area contributed by atoms with Crippen LogP contribution >= 0.6 is 0 Å². The molecule has 0 radical (unpaired) electrons. The zero-order valence-electron chi connectivity index (χ0n) is 12.7. The molecule has 1 aromatic rings. The number of nitrogens with two attached hydrogens (primary N) is 2. The van der Waals surface area contributed by atoms with Crippen LogP contribution in [0.4, 0.5) is 5.69 Å². The maximum absolute atomic E-state index is 12.1. The van der Waals surface area contributed by atoms with E-state index in [1.807, 2.05) is 6.92 Å². The molecule has 0 heterocycles. The van der Waals surface area contributed by atoms with E-state index < -0.39 is 10.0 Å². The zero-order chi connectivity index (χ0) is 16.3. The summed E-state index contributed by atoms with van der Waals surface area (Å²) in [5.41, 5.74) is 7.04. The first kappa shape index (κ1) is 16.9. The summed E-state index contributed by atoms with van der Waals surface area (Å²) in [7, 11) is -3.81. The summed E-state index contributed by atoms with van der Waals surface area (Å²) in [6.45, 7) is 1.85. The first-order valence-electron chi connectivity index (χ1n) is 7.52. The molecule has 7 heteroatoms. The third kappa shape index (κ3) is 4.06. The van der Waals surface area contributed by atoms with Crippen molar-refractivity contribution in [2.75, 3.05) is 5.32 Å². The number of benzene rings is 1. The van der Waals surface area contributed by atoms with E-state index in [4.69, 9.17) is 10.9 Å². The normalized spacial score (nSPS) is 21.8. The molecule has 1 amide bonds. The predicted molar refractivity (Wildman–Crippen MR) is 85.8 cm³/mol. The third-order valence-electron chi connectivity index (χ3n) is 4.20. The van der Waals surface area contributed by atoms with Gasteiger partial charge in [-0.15, -0.1) is 0 Å². The molecular formula is C15H23N3O3S. The number of amides is 1. The number of carbonyl (C=O) groups is 1. The number of carbonyl (C=O) groups excluding carboxylic acids is 1. The van der Waals surface area contributed by atoms with E-state index in [1.165, 1.54) is 6.07 Å². The average molecular weight is 325 g/mol. The Morgan fingerprint density at radius 3 is 2.64 bits per heavy atom. The number of sulfonamides is 1. The maximum atomic E-state index is 12.1. The fraction of sp³-hybridized carbons (Fsp3) is 0.533. The molecule has 0 aliphatic heterocycles. The van der Waals surface area contributed by atoms with Gasteiger partial charge in [-0.25, -0.2) is 13.6 Å². The van der Waals surface area contributed by atoms with Gasteiger partial charge in [0.2, 0.25) is 15.9 Å². The fourth-order valence-electron chi connectivity index (χ4n) is 2.96. The molecule has 122 valence electrons. The SMILES string of the molecule is CCc1ccc(NC(=O)C[C@@H]2CCC[C@H]2N)cc1S(N)(=O)=O. The van der Waals surface area contributed by atoms with Crippen molar-refractivity contribution in [1.82, 2.24) is 0 Å². The van der Waals surface area contributed by atoms with Crippen LogP contribution in [0.2, 0.25) is 0 Å². The van der Waals surface area contributed by atoms with Gasteiger partial charge in [-0.3, -0.25) is 4.79 Å². The van der Waals surface area contributed by atoms with Gasteiger partial charge in [0.05, 0.1) is 4.90 Å². The van der Waals surface area contributed by atoms with Crippen molar-refractivity contribution < 1.29 is 13.2 Å². The molecule has 0 spiro atoms. The van der Waals surface area contributed by atoms with E-state index in [0.29, 0.717) is 24.1 Å². The highest BCUT2D eigenvalue weighted by atomic mass is 32.2. The van der Waals surface area contributed by atoms with Crippen LogP contribution in [0, 0.1) is 5.92 Å². The molecule has 1 aliphatic rings. The number of hydrogen-bond donors (Lipinski definition) is 3. The Balaban J connectivity index is 2.11. The van der Waals surface area contributed by atoms with Crippen LogP contribution in [-0.4, -0.2) is 20.4 Å². The number of primary sulfonamides is 1. The molecular weight excluding hydrogens is 302 g/mol. The predicted octanol–water partition coefficient (Wildman–Crippen LogP) is 1.35. The molecule has 0 saturated heterocycles. The lowest BCUT2D eigenvalue weighted by atomic mass is 10.00. The Labute approximate surface area is 131 Å². The molecule has 1 saturated carbocycles. The van der Waals surface area contributed by atoms with Crippen LogP contribution < -0.4 is 16.2 Å². The largest absolute Gasteiger partial charge is 0.327 e. The van der Waals surface area contributed by atoms with Gasteiger partial charge in [0.1, 0.15) is 0 Å². The van der Waals surface area contributed by atoms with Crippen LogP contribution in [0.3, 0.4) is 0 Å². The summed E-state index contributed by atoms with van der Waals surface area (Å²) in [4.78, 5) is 12.1. The molecule has 0 bridgehead atoms. The highest BCUT2D eigenvalue weighted by Crippen LogP contribution is 2.27. The number of nitrogens with one attached hydrogen (secondary N) is 1. The number of rotatable bonds is 5. The van der Waals surface area contributed by atoms with Crippen molar-refractivity contribution in [2.24, 2.45) is 16.8 Å². The van der Waals surface area contributed by atoms with E-state index in [9.17, 15) is 13.2 Å². The lowest BCUT2D eigenvalue weighted by Crippen LogP contribution is -2.28. The van der Waals surface area contributed by atoms with Crippen molar-refractivity contribution in [2.45, 2.75) is 50.0 Å². The molecule has 0 aromatic heterocycles. The van der Waals surface area contributed by atoms with Crippen LogP contribution in [0.5, 0.6) is 0 Å². The van der Waals surface area contributed by atoms with Crippen molar-refractivity contribution in [3.8, 4) is 0 Å². The van der Waals surface area contributed by atoms with Crippen molar-refractivity contribution in [1.29, 1.82) is 0 Å². The quantitative estimate of drug-likeness (QED) is 0.758. The molecule has 1 aromatic carbocycles. The monoisotopic (exact) mass is 325 g/mol. The minimum atomic E-state index is -3.81. The minimum Gasteiger partial charge on any atom is -0.327 e. The lowest BCUT2D eigenvalue weighted by molar-refractivity contribution is -0.117. The van der Waals surface area contributed by atoms with E-state index >= 15 is 0 Å². The average Bonchev–Trinajstić information content (AvgIpc) is 2.83. The second-order valence-corrected chi connectivity index (χ2v) is 7.36. The highest BCUT2D eigenvalue weighted by molar-refractivity contribution is 7.89. The standard InChI is InChI=1S/C15H23N3O3S/c1-2-10-6-7-12(9-14(10)22(17,20)21)18-15(19)8-11-4-3-5-13(11)16/h6-7,9,11,13H,2-5,8,16H2,1H3,(H,18,19)(H2,17,20,21)/t11-,13+/m0/s1.